The number of nitriles is 1. The highest BCUT2D eigenvalue weighted by Gasteiger charge is 2.26. The molecule has 0 fully saturated rings. The van der Waals surface area contributed by atoms with Crippen LogP contribution in [0.25, 0.3) is 0 Å². The second-order valence-electron chi connectivity index (χ2n) is 4.34. The van der Waals surface area contributed by atoms with Crippen molar-refractivity contribution >= 4 is 0 Å². The Bertz CT molecular complexity index is 514. The monoisotopic (exact) mass is 222 g/mol. The molecule has 2 heteroatoms. The molecule has 0 N–H and O–H groups in total. The fourth-order valence-electron chi connectivity index (χ4n) is 1.92. The maximum atomic E-state index is 9.43. The average Bonchev–Trinajstić information content (AvgIpc) is 2.41. The van der Waals surface area contributed by atoms with Crippen molar-refractivity contribution in [2.75, 3.05) is 0 Å². The molecule has 0 spiro atoms. The van der Waals surface area contributed by atoms with Crippen LogP contribution in [0.2, 0.25) is 0 Å². The van der Waals surface area contributed by atoms with Gasteiger partial charge in [0.05, 0.1) is 11.5 Å². The lowest BCUT2D eigenvalue weighted by Gasteiger charge is -2.22. The normalized spacial score (nSPS) is 13.6. The van der Waals surface area contributed by atoms with Crippen molar-refractivity contribution in [1.82, 2.24) is 4.98 Å². The molecule has 1 unspecified atom stereocenters. The summed E-state index contributed by atoms with van der Waals surface area (Å²) in [6.45, 7) is 1.97. The zero-order valence-corrected chi connectivity index (χ0v) is 9.80. The highest BCUT2D eigenvalue weighted by Crippen LogP contribution is 2.27. The van der Waals surface area contributed by atoms with Gasteiger partial charge in [-0.1, -0.05) is 30.3 Å². The van der Waals surface area contributed by atoms with Gasteiger partial charge in [0.2, 0.25) is 0 Å². The lowest BCUT2D eigenvalue weighted by atomic mass is 9.79. The maximum Gasteiger partial charge on any atom is 0.0834 e. The van der Waals surface area contributed by atoms with Gasteiger partial charge in [-0.05, 0) is 36.6 Å². The van der Waals surface area contributed by atoms with Gasteiger partial charge in [0.1, 0.15) is 0 Å². The smallest absolute Gasteiger partial charge is 0.0834 e. The molecule has 0 saturated heterocycles. The van der Waals surface area contributed by atoms with Crippen molar-refractivity contribution in [1.29, 1.82) is 5.26 Å². The Balaban J connectivity index is 2.31. The van der Waals surface area contributed by atoms with Crippen LogP contribution in [0.15, 0.2) is 54.9 Å². The number of benzene rings is 1. The van der Waals surface area contributed by atoms with Crippen LogP contribution in [0.5, 0.6) is 0 Å². The maximum absolute atomic E-state index is 9.43. The highest BCUT2D eigenvalue weighted by atomic mass is 14.6. The molecule has 0 aliphatic heterocycles. The third kappa shape index (κ3) is 2.51. The molecule has 2 aromatic rings. The number of nitrogens with zero attached hydrogens (tertiary/aromatic N) is 2. The van der Waals surface area contributed by atoms with E-state index < -0.39 is 5.41 Å². The first-order chi connectivity index (χ1) is 8.24. The van der Waals surface area contributed by atoms with Crippen molar-refractivity contribution in [3.8, 4) is 6.07 Å². The Morgan fingerprint density at radius 3 is 2.35 bits per heavy atom. The quantitative estimate of drug-likeness (QED) is 0.800. The van der Waals surface area contributed by atoms with Crippen LogP contribution in [0.4, 0.5) is 0 Å². The van der Waals surface area contributed by atoms with Crippen molar-refractivity contribution in [3.05, 3.63) is 66.0 Å². The first kappa shape index (κ1) is 11.3. The summed E-state index contributed by atoms with van der Waals surface area (Å²) in [5, 5.41) is 9.43. The fraction of sp³-hybridized carbons (Fsp3) is 0.200. The van der Waals surface area contributed by atoms with Crippen LogP contribution >= 0.6 is 0 Å². The van der Waals surface area contributed by atoms with Crippen molar-refractivity contribution in [2.45, 2.75) is 18.8 Å². The van der Waals surface area contributed by atoms with Gasteiger partial charge in [0.25, 0.3) is 0 Å². The van der Waals surface area contributed by atoms with Gasteiger partial charge >= 0.3 is 0 Å². The summed E-state index contributed by atoms with van der Waals surface area (Å²) in [6.07, 6.45) is 4.23. The Morgan fingerprint density at radius 2 is 1.76 bits per heavy atom. The Hall–Kier alpha value is -2.14. The molecule has 0 aliphatic carbocycles. The topological polar surface area (TPSA) is 36.7 Å². The van der Waals surface area contributed by atoms with E-state index in [-0.39, 0.29) is 0 Å². The van der Waals surface area contributed by atoms with Gasteiger partial charge < -0.3 is 0 Å². The van der Waals surface area contributed by atoms with Gasteiger partial charge in [0, 0.05) is 12.4 Å². The van der Waals surface area contributed by atoms with Gasteiger partial charge in [0.15, 0.2) is 0 Å². The van der Waals surface area contributed by atoms with Crippen LogP contribution in [-0.4, -0.2) is 4.98 Å². The summed E-state index contributed by atoms with van der Waals surface area (Å²) < 4.78 is 0. The molecule has 1 atom stereocenters. The molecule has 1 heterocycles. The van der Waals surface area contributed by atoms with E-state index in [1.54, 1.807) is 12.4 Å². The second-order valence-corrected chi connectivity index (χ2v) is 4.34. The minimum Gasteiger partial charge on any atom is -0.265 e. The molecule has 0 bridgehead atoms. The molecule has 1 aromatic carbocycles. The lowest BCUT2D eigenvalue weighted by molar-refractivity contribution is 0.606. The zero-order chi connectivity index (χ0) is 12.1. The summed E-state index contributed by atoms with van der Waals surface area (Å²) in [6, 6.07) is 16.3. The summed E-state index contributed by atoms with van der Waals surface area (Å²) in [7, 11) is 0. The highest BCUT2D eigenvalue weighted by molar-refractivity contribution is 5.34. The number of rotatable bonds is 3. The summed E-state index contributed by atoms with van der Waals surface area (Å²) in [5.41, 5.74) is 1.70. The predicted octanol–water partition coefficient (Wildman–Crippen LogP) is 3.11. The minimum absolute atomic E-state index is 0.484. The van der Waals surface area contributed by atoms with Gasteiger partial charge in [-0.15, -0.1) is 0 Å². The summed E-state index contributed by atoms with van der Waals surface area (Å²) >= 11 is 0. The van der Waals surface area contributed by atoms with E-state index in [1.807, 2.05) is 49.4 Å². The number of hydrogen-bond donors (Lipinski definition) is 0. The molecular formula is C15H14N2. The molecule has 2 nitrogen and oxygen atoms in total. The van der Waals surface area contributed by atoms with Crippen molar-refractivity contribution in [2.24, 2.45) is 0 Å². The van der Waals surface area contributed by atoms with E-state index in [1.165, 1.54) is 0 Å². The first-order valence-electron chi connectivity index (χ1n) is 5.60. The standard InChI is InChI=1S/C15H14N2/c1-15(12-16,14-5-3-2-4-6-14)11-13-7-9-17-10-8-13/h2-10H,11H2,1H3. The molecule has 0 aliphatic rings. The average molecular weight is 222 g/mol. The van der Waals surface area contributed by atoms with Gasteiger partial charge in [-0.2, -0.15) is 5.26 Å². The summed E-state index contributed by atoms with van der Waals surface area (Å²) in [4.78, 5) is 3.99. The number of aromatic nitrogens is 1. The lowest BCUT2D eigenvalue weighted by Crippen LogP contribution is -2.22. The Labute approximate surface area is 102 Å². The molecule has 17 heavy (non-hydrogen) atoms. The molecule has 2 rings (SSSR count). The first-order valence-corrected chi connectivity index (χ1v) is 5.60. The van der Waals surface area contributed by atoms with E-state index in [0.717, 1.165) is 11.1 Å². The predicted molar refractivity (Wildman–Crippen MR) is 67.3 cm³/mol. The van der Waals surface area contributed by atoms with Crippen LogP contribution in [-0.2, 0) is 11.8 Å². The van der Waals surface area contributed by atoms with Crippen LogP contribution in [0, 0.1) is 11.3 Å². The van der Waals surface area contributed by atoms with Crippen LogP contribution in [0.3, 0.4) is 0 Å². The Kier molecular flexibility index (Phi) is 3.20. The van der Waals surface area contributed by atoms with E-state index in [0.29, 0.717) is 6.42 Å². The van der Waals surface area contributed by atoms with E-state index >= 15 is 0 Å². The molecular weight excluding hydrogens is 208 g/mol. The number of hydrogen-bond acceptors (Lipinski definition) is 2. The molecule has 0 saturated carbocycles. The number of pyridine rings is 1. The second kappa shape index (κ2) is 4.80. The largest absolute Gasteiger partial charge is 0.265 e. The van der Waals surface area contributed by atoms with E-state index in [9.17, 15) is 5.26 Å². The van der Waals surface area contributed by atoms with E-state index in [2.05, 4.69) is 11.1 Å². The SMILES string of the molecule is CC(C#N)(Cc1ccncc1)c1ccccc1. The third-order valence-electron chi connectivity index (χ3n) is 2.96. The summed E-state index contributed by atoms with van der Waals surface area (Å²) in [5.74, 6) is 0. The van der Waals surface area contributed by atoms with Crippen molar-refractivity contribution in [3.63, 3.8) is 0 Å². The van der Waals surface area contributed by atoms with Gasteiger partial charge in [-0.25, -0.2) is 0 Å². The molecule has 0 radical (unpaired) electrons. The van der Waals surface area contributed by atoms with Gasteiger partial charge in [-0.3, -0.25) is 4.98 Å². The molecule has 84 valence electrons. The molecule has 0 amide bonds. The van der Waals surface area contributed by atoms with Crippen LogP contribution < -0.4 is 0 Å². The van der Waals surface area contributed by atoms with E-state index in [4.69, 9.17) is 0 Å². The zero-order valence-electron chi connectivity index (χ0n) is 9.80. The third-order valence-corrected chi connectivity index (χ3v) is 2.96. The minimum atomic E-state index is -0.484. The van der Waals surface area contributed by atoms with Crippen molar-refractivity contribution < 1.29 is 0 Å². The Morgan fingerprint density at radius 1 is 1.12 bits per heavy atom. The fourth-order valence-corrected chi connectivity index (χ4v) is 1.92. The van der Waals surface area contributed by atoms with Crippen LogP contribution in [0.1, 0.15) is 18.1 Å². The molecule has 1 aromatic heterocycles.